The van der Waals surface area contributed by atoms with Gasteiger partial charge >= 0.3 is 0 Å². The molecule has 9 heavy (non-hydrogen) atoms. The van der Waals surface area contributed by atoms with Crippen LogP contribution in [0, 0.1) is 6.92 Å². The van der Waals surface area contributed by atoms with Crippen molar-refractivity contribution in [2.24, 2.45) is 0 Å². The van der Waals surface area contributed by atoms with Gasteiger partial charge in [-0.05, 0) is 12.8 Å². The molecule has 1 nitrogen and oxygen atoms in total. The van der Waals surface area contributed by atoms with Gasteiger partial charge in [-0.2, -0.15) is 0 Å². The number of rotatable bonds is 6. The summed E-state index contributed by atoms with van der Waals surface area (Å²) in [5.74, 6) is 0. The third kappa shape index (κ3) is 7.96. The Bertz CT molecular complexity index is 37.8. The third-order valence-electron chi connectivity index (χ3n) is 1.18. The molecular formula is C8H17O. The van der Waals surface area contributed by atoms with Gasteiger partial charge in [0.1, 0.15) is 0 Å². The van der Waals surface area contributed by atoms with Crippen LogP contribution in [0.1, 0.15) is 32.6 Å². The topological polar surface area (TPSA) is 9.23 Å². The molecule has 1 heteroatoms. The third-order valence-corrected chi connectivity index (χ3v) is 1.18. The van der Waals surface area contributed by atoms with Crippen LogP contribution >= 0.6 is 0 Å². The molecule has 0 amide bonds. The Morgan fingerprint density at radius 2 is 2.00 bits per heavy atom. The summed E-state index contributed by atoms with van der Waals surface area (Å²) in [6, 6.07) is 0. The van der Waals surface area contributed by atoms with Crippen LogP contribution in [0.25, 0.3) is 0 Å². The summed E-state index contributed by atoms with van der Waals surface area (Å²) in [5.41, 5.74) is 0. The van der Waals surface area contributed by atoms with E-state index < -0.39 is 0 Å². The highest BCUT2D eigenvalue weighted by Gasteiger charge is 1.84. The summed E-state index contributed by atoms with van der Waals surface area (Å²) >= 11 is 0. The molecule has 0 aliphatic carbocycles. The second-order valence-electron chi connectivity index (χ2n) is 2.17. The van der Waals surface area contributed by atoms with Gasteiger partial charge in [0, 0.05) is 13.2 Å². The molecule has 0 rings (SSSR count). The second-order valence-corrected chi connectivity index (χ2v) is 2.17. The Kier molecular flexibility index (Phi) is 7.92. The minimum Gasteiger partial charge on any atom is -0.381 e. The second kappa shape index (κ2) is 7.96. The van der Waals surface area contributed by atoms with Crippen LogP contribution < -0.4 is 0 Å². The van der Waals surface area contributed by atoms with Gasteiger partial charge in [0.25, 0.3) is 0 Å². The number of unbranched alkanes of at least 4 members (excludes halogenated alkanes) is 2. The minimum absolute atomic E-state index is 0.823. The molecule has 0 heterocycles. The predicted octanol–water partition coefficient (Wildman–Crippen LogP) is 2.42. The van der Waals surface area contributed by atoms with Crippen LogP contribution in [-0.2, 0) is 4.74 Å². The summed E-state index contributed by atoms with van der Waals surface area (Å²) in [6.07, 6.45) is 4.66. The van der Waals surface area contributed by atoms with E-state index in [1.54, 1.807) is 0 Å². The van der Waals surface area contributed by atoms with E-state index in [1.807, 2.05) is 0 Å². The van der Waals surface area contributed by atoms with Gasteiger partial charge in [-0.3, -0.25) is 0 Å². The van der Waals surface area contributed by atoms with Crippen molar-refractivity contribution in [2.75, 3.05) is 13.2 Å². The molecule has 0 saturated heterocycles. The Labute approximate surface area is 58.4 Å². The van der Waals surface area contributed by atoms with Gasteiger partial charge in [-0.25, -0.2) is 0 Å². The highest BCUT2D eigenvalue weighted by atomic mass is 16.5. The lowest BCUT2D eigenvalue weighted by Gasteiger charge is -1.99. The normalized spacial score (nSPS) is 10.0. The first-order valence-corrected chi connectivity index (χ1v) is 3.78. The van der Waals surface area contributed by atoms with Gasteiger partial charge in [-0.1, -0.05) is 26.7 Å². The van der Waals surface area contributed by atoms with Crippen molar-refractivity contribution in [3.8, 4) is 0 Å². The molecular weight excluding hydrogens is 112 g/mol. The molecule has 0 aromatic rings. The first kappa shape index (κ1) is 8.96. The van der Waals surface area contributed by atoms with Gasteiger partial charge < -0.3 is 4.74 Å². The summed E-state index contributed by atoms with van der Waals surface area (Å²) in [5, 5.41) is 0. The average Bonchev–Trinajstić information content (AvgIpc) is 1.89. The first-order valence-electron chi connectivity index (χ1n) is 3.78. The highest BCUT2D eigenvalue weighted by molar-refractivity contribution is 4.38. The zero-order valence-corrected chi connectivity index (χ0v) is 6.36. The van der Waals surface area contributed by atoms with Crippen LogP contribution in [0.5, 0.6) is 0 Å². The van der Waals surface area contributed by atoms with Crippen LogP contribution in [0.4, 0.5) is 0 Å². The van der Waals surface area contributed by atoms with Crippen molar-refractivity contribution in [1.29, 1.82) is 0 Å². The van der Waals surface area contributed by atoms with Gasteiger partial charge in [0.15, 0.2) is 0 Å². The summed E-state index contributed by atoms with van der Waals surface area (Å²) < 4.78 is 5.22. The van der Waals surface area contributed by atoms with Crippen molar-refractivity contribution in [3.05, 3.63) is 6.92 Å². The number of ether oxygens (including phenoxy) is 1. The Morgan fingerprint density at radius 3 is 2.56 bits per heavy atom. The van der Waals surface area contributed by atoms with E-state index in [2.05, 4.69) is 13.8 Å². The highest BCUT2D eigenvalue weighted by Crippen LogP contribution is 1.93. The van der Waals surface area contributed by atoms with Gasteiger partial charge in [0.2, 0.25) is 0 Å². The smallest absolute Gasteiger partial charge is 0.0466 e. The molecule has 0 atom stereocenters. The quantitative estimate of drug-likeness (QED) is 0.500. The maximum absolute atomic E-state index is 5.22. The molecule has 0 aliphatic heterocycles. The molecule has 0 fully saturated rings. The zero-order valence-electron chi connectivity index (χ0n) is 6.36. The van der Waals surface area contributed by atoms with E-state index in [-0.39, 0.29) is 0 Å². The molecule has 0 bridgehead atoms. The van der Waals surface area contributed by atoms with E-state index in [1.165, 1.54) is 19.3 Å². The summed E-state index contributed by atoms with van der Waals surface area (Å²) in [7, 11) is 0. The first-order chi connectivity index (χ1) is 4.41. The number of hydrogen-bond acceptors (Lipinski definition) is 1. The van der Waals surface area contributed by atoms with Crippen molar-refractivity contribution in [3.63, 3.8) is 0 Å². The lowest BCUT2D eigenvalue weighted by Crippen LogP contribution is -1.94. The lowest BCUT2D eigenvalue weighted by molar-refractivity contribution is 0.134. The van der Waals surface area contributed by atoms with Crippen LogP contribution in [0.2, 0.25) is 0 Å². The molecule has 0 N–H and O–H groups in total. The molecule has 55 valence electrons. The van der Waals surface area contributed by atoms with E-state index in [9.17, 15) is 0 Å². The van der Waals surface area contributed by atoms with Crippen LogP contribution in [0.15, 0.2) is 0 Å². The minimum atomic E-state index is 0.823. The fourth-order valence-corrected chi connectivity index (χ4v) is 0.658. The van der Waals surface area contributed by atoms with E-state index >= 15 is 0 Å². The zero-order chi connectivity index (χ0) is 6.95. The lowest BCUT2D eigenvalue weighted by atomic mass is 10.3. The van der Waals surface area contributed by atoms with Crippen molar-refractivity contribution in [1.82, 2.24) is 0 Å². The van der Waals surface area contributed by atoms with E-state index in [0.717, 1.165) is 19.6 Å². The van der Waals surface area contributed by atoms with Crippen molar-refractivity contribution in [2.45, 2.75) is 32.6 Å². The maximum atomic E-state index is 5.22. The molecule has 0 saturated carbocycles. The van der Waals surface area contributed by atoms with E-state index in [0.29, 0.717) is 0 Å². The Hall–Kier alpha value is -0.0400. The fourth-order valence-electron chi connectivity index (χ4n) is 0.658. The molecule has 0 aromatic heterocycles. The van der Waals surface area contributed by atoms with Crippen LogP contribution in [0.3, 0.4) is 0 Å². The molecule has 0 unspecified atom stereocenters. The number of hydrogen-bond donors (Lipinski definition) is 0. The standard InChI is InChI=1S/C8H17O/c1-3-5-6-8-9-7-4-2/h2-8H2,1H3. The Morgan fingerprint density at radius 1 is 1.22 bits per heavy atom. The monoisotopic (exact) mass is 129 g/mol. The van der Waals surface area contributed by atoms with Gasteiger partial charge in [-0.15, -0.1) is 0 Å². The molecule has 0 aliphatic rings. The largest absolute Gasteiger partial charge is 0.381 e. The average molecular weight is 129 g/mol. The molecule has 1 radical (unpaired) electrons. The molecule has 0 aromatic carbocycles. The Balaban J connectivity index is 2.60. The predicted molar refractivity (Wildman–Crippen MR) is 40.3 cm³/mol. The molecule has 0 spiro atoms. The maximum Gasteiger partial charge on any atom is 0.0466 e. The van der Waals surface area contributed by atoms with Gasteiger partial charge in [0.05, 0.1) is 0 Å². The summed E-state index contributed by atoms with van der Waals surface area (Å²) in [4.78, 5) is 0. The van der Waals surface area contributed by atoms with E-state index in [4.69, 9.17) is 4.74 Å². The van der Waals surface area contributed by atoms with Crippen LogP contribution in [-0.4, -0.2) is 13.2 Å². The van der Waals surface area contributed by atoms with Crippen molar-refractivity contribution < 1.29 is 4.74 Å². The summed E-state index contributed by atoms with van der Waals surface area (Å²) in [6.45, 7) is 7.62. The SMILES string of the molecule is [CH2]CCOCCCCC. The fraction of sp³-hybridized carbons (Fsp3) is 0.875. The van der Waals surface area contributed by atoms with Crippen molar-refractivity contribution >= 4 is 0 Å².